The van der Waals surface area contributed by atoms with E-state index in [1.807, 2.05) is 6.92 Å². The molecule has 5 nitrogen and oxygen atoms in total. The minimum Gasteiger partial charge on any atom is -0.487 e. The molecule has 0 heterocycles. The third-order valence-corrected chi connectivity index (χ3v) is 2.07. The highest BCUT2D eigenvalue weighted by molar-refractivity contribution is 5.76. The third kappa shape index (κ3) is 3.05. The van der Waals surface area contributed by atoms with Crippen molar-refractivity contribution in [3.8, 4) is 5.75 Å². The number of nitrogens with zero attached hydrogens (tertiary/aromatic N) is 1. The first-order valence-corrected chi connectivity index (χ1v) is 5.05. The first kappa shape index (κ1) is 12.2. The fourth-order valence-corrected chi connectivity index (χ4v) is 1.20. The normalized spacial score (nSPS) is 9.81. The molecule has 1 aromatic rings. The maximum absolute atomic E-state index is 10.7. The Labute approximate surface area is 93.2 Å². The van der Waals surface area contributed by atoms with E-state index in [-0.39, 0.29) is 11.4 Å². The second kappa shape index (κ2) is 5.85. The van der Waals surface area contributed by atoms with Crippen LogP contribution < -0.4 is 4.74 Å². The van der Waals surface area contributed by atoms with Gasteiger partial charge in [0, 0.05) is 11.6 Å². The van der Waals surface area contributed by atoms with E-state index in [2.05, 4.69) is 0 Å². The SMILES string of the molecule is CCCCOc1cc(C=O)ccc1[N+](=O)[O-]. The molecule has 0 atom stereocenters. The van der Waals surface area contributed by atoms with Gasteiger partial charge in [0.15, 0.2) is 5.75 Å². The number of carbonyl (C=O) groups is 1. The van der Waals surface area contributed by atoms with E-state index < -0.39 is 4.92 Å². The number of aldehydes is 1. The summed E-state index contributed by atoms with van der Waals surface area (Å²) in [5.74, 6) is 0.156. The molecule has 0 bridgehead atoms. The molecule has 0 spiro atoms. The van der Waals surface area contributed by atoms with Crippen LogP contribution in [-0.4, -0.2) is 17.8 Å². The zero-order valence-corrected chi connectivity index (χ0v) is 9.01. The van der Waals surface area contributed by atoms with Crippen molar-refractivity contribution >= 4 is 12.0 Å². The Bertz CT molecular complexity index is 390. The van der Waals surface area contributed by atoms with Crippen molar-refractivity contribution in [3.05, 3.63) is 33.9 Å². The van der Waals surface area contributed by atoms with Gasteiger partial charge in [0.2, 0.25) is 0 Å². The smallest absolute Gasteiger partial charge is 0.310 e. The fraction of sp³-hybridized carbons (Fsp3) is 0.364. The molecule has 1 rings (SSSR count). The van der Waals surface area contributed by atoms with Crippen LogP contribution in [0.3, 0.4) is 0 Å². The van der Waals surface area contributed by atoms with Crippen LogP contribution in [-0.2, 0) is 0 Å². The molecule has 0 aliphatic rings. The Kier molecular flexibility index (Phi) is 4.44. The Morgan fingerprint density at radius 3 is 2.81 bits per heavy atom. The summed E-state index contributed by atoms with van der Waals surface area (Å²) in [7, 11) is 0. The van der Waals surface area contributed by atoms with Gasteiger partial charge < -0.3 is 4.74 Å². The lowest BCUT2D eigenvalue weighted by atomic mass is 10.2. The van der Waals surface area contributed by atoms with Gasteiger partial charge in [0.25, 0.3) is 0 Å². The summed E-state index contributed by atoms with van der Waals surface area (Å²) in [6, 6.07) is 4.07. The predicted octanol–water partition coefficient (Wildman–Crippen LogP) is 2.59. The summed E-state index contributed by atoms with van der Waals surface area (Å²) in [6.45, 7) is 2.42. The van der Waals surface area contributed by atoms with Crippen LogP contribution in [0.1, 0.15) is 30.1 Å². The number of hydrogen-bond acceptors (Lipinski definition) is 4. The number of nitro groups is 1. The van der Waals surface area contributed by atoms with Crippen molar-refractivity contribution in [1.82, 2.24) is 0 Å². The summed E-state index contributed by atoms with van der Waals surface area (Å²) in [4.78, 5) is 20.7. The molecule has 5 heteroatoms. The number of unbranched alkanes of at least 4 members (excludes halogenated alkanes) is 1. The summed E-state index contributed by atoms with van der Waals surface area (Å²) in [5.41, 5.74) is 0.263. The molecule has 0 radical (unpaired) electrons. The number of benzene rings is 1. The molecule has 0 saturated heterocycles. The monoisotopic (exact) mass is 223 g/mol. The van der Waals surface area contributed by atoms with E-state index in [1.54, 1.807) is 0 Å². The van der Waals surface area contributed by atoms with Gasteiger partial charge in [0.1, 0.15) is 6.29 Å². The van der Waals surface area contributed by atoms with Gasteiger partial charge in [-0.15, -0.1) is 0 Å². The van der Waals surface area contributed by atoms with E-state index in [9.17, 15) is 14.9 Å². The first-order chi connectivity index (χ1) is 7.69. The van der Waals surface area contributed by atoms with Crippen LogP contribution in [0, 0.1) is 10.1 Å². The minimum atomic E-state index is -0.518. The minimum absolute atomic E-state index is 0.110. The number of rotatable bonds is 6. The molecule has 86 valence electrons. The van der Waals surface area contributed by atoms with Gasteiger partial charge in [-0.1, -0.05) is 13.3 Å². The molecular weight excluding hydrogens is 210 g/mol. The first-order valence-electron chi connectivity index (χ1n) is 5.05. The van der Waals surface area contributed by atoms with E-state index in [4.69, 9.17) is 4.74 Å². The number of ether oxygens (including phenoxy) is 1. The second-order valence-electron chi connectivity index (χ2n) is 3.30. The average Bonchev–Trinajstić information content (AvgIpc) is 2.29. The highest BCUT2D eigenvalue weighted by Gasteiger charge is 2.15. The van der Waals surface area contributed by atoms with E-state index >= 15 is 0 Å². The third-order valence-electron chi connectivity index (χ3n) is 2.07. The second-order valence-corrected chi connectivity index (χ2v) is 3.30. The Hall–Kier alpha value is -1.91. The summed E-state index contributed by atoms with van der Waals surface area (Å²) >= 11 is 0. The zero-order valence-electron chi connectivity index (χ0n) is 9.01. The summed E-state index contributed by atoms with van der Waals surface area (Å²) in [6.07, 6.45) is 2.40. The summed E-state index contributed by atoms with van der Waals surface area (Å²) < 4.78 is 5.28. The van der Waals surface area contributed by atoms with Crippen LogP contribution in [0.2, 0.25) is 0 Å². The zero-order chi connectivity index (χ0) is 12.0. The van der Waals surface area contributed by atoms with Gasteiger partial charge in [0.05, 0.1) is 11.5 Å². The van der Waals surface area contributed by atoms with Crippen LogP contribution in [0.15, 0.2) is 18.2 Å². The molecule has 0 N–H and O–H groups in total. The summed E-state index contributed by atoms with van der Waals surface area (Å²) in [5, 5.41) is 10.7. The maximum Gasteiger partial charge on any atom is 0.310 e. The molecule has 0 saturated carbocycles. The van der Waals surface area contributed by atoms with Gasteiger partial charge in [-0.25, -0.2) is 0 Å². The van der Waals surface area contributed by atoms with Crippen LogP contribution in [0.4, 0.5) is 5.69 Å². The van der Waals surface area contributed by atoms with Gasteiger partial charge in [-0.2, -0.15) is 0 Å². The van der Waals surface area contributed by atoms with Crippen LogP contribution in [0.5, 0.6) is 5.75 Å². The highest BCUT2D eigenvalue weighted by Crippen LogP contribution is 2.27. The van der Waals surface area contributed by atoms with Crippen LogP contribution in [0.25, 0.3) is 0 Å². The van der Waals surface area contributed by atoms with Crippen molar-refractivity contribution in [2.75, 3.05) is 6.61 Å². The number of carbonyl (C=O) groups excluding carboxylic acids is 1. The quantitative estimate of drug-likeness (QED) is 0.321. The number of hydrogen-bond donors (Lipinski definition) is 0. The van der Waals surface area contributed by atoms with Gasteiger partial charge in [-0.05, 0) is 18.6 Å². The lowest BCUT2D eigenvalue weighted by Gasteiger charge is -2.06. The topological polar surface area (TPSA) is 69.4 Å². The van der Waals surface area contributed by atoms with E-state index in [0.717, 1.165) is 12.8 Å². The molecule has 0 aliphatic carbocycles. The molecule has 0 fully saturated rings. The lowest BCUT2D eigenvalue weighted by molar-refractivity contribution is -0.385. The maximum atomic E-state index is 10.7. The molecule has 0 unspecified atom stereocenters. The van der Waals surface area contributed by atoms with Crippen molar-refractivity contribution < 1.29 is 14.5 Å². The van der Waals surface area contributed by atoms with Crippen LogP contribution >= 0.6 is 0 Å². The largest absolute Gasteiger partial charge is 0.487 e. The molecule has 1 aromatic carbocycles. The lowest BCUT2D eigenvalue weighted by Crippen LogP contribution is -2.01. The van der Waals surface area contributed by atoms with Crippen molar-refractivity contribution in [2.24, 2.45) is 0 Å². The van der Waals surface area contributed by atoms with Gasteiger partial charge >= 0.3 is 5.69 Å². The average molecular weight is 223 g/mol. The molecule has 0 amide bonds. The van der Waals surface area contributed by atoms with Crippen molar-refractivity contribution in [1.29, 1.82) is 0 Å². The molecular formula is C11H13NO4. The highest BCUT2D eigenvalue weighted by atomic mass is 16.6. The Balaban J connectivity index is 2.91. The predicted molar refractivity (Wildman–Crippen MR) is 58.9 cm³/mol. The fourth-order valence-electron chi connectivity index (χ4n) is 1.20. The molecule has 0 aliphatic heterocycles. The van der Waals surface area contributed by atoms with E-state index in [0.29, 0.717) is 18.5 Å². The van der Waals surface area contributed by atoms with Crippen molar-refractivity contribution in [3.63, 3.8) is 0 Å². The number of nitro benzene ring substituents is 1. The standard InChI is InChI=1S/C11H13NO4/c1-2-3-6-16-11-7-9(8-13)4-5-10(11)12(14)15/h4-5,7-8H,2-3,6H2,1H3. The molecule has 0 aromatic heterocycles. The van der Waals surface area contributed by atoms with E-state index in [1.165, 1.54) is 18.2 Å². The van der Waals surface area contributed by atoms with Crippen molar-refractivity contribution in [2.45, 2.75) is 19.8 Å². The Morgan fingerprint density at radius 1 is 1.50 bits per heavy atom. The molecule has 16 heavy (non-hydrogen) atoms. The van der Waals surface area contributed by atoms with Gasteiger partial charge in [-0.3, -0.25) is 14.9 Å². The Morgan fingerprint density at radius 2 is 2.25 bits per heavy atom.